The molecule has 1 fully saturated rings. The predicted molar refractivity (Wildman–Crippen MR) is 95.4 cm³/mol. The van der Waals surface area contributed by atoms with E-state index in [1.54, 1.807) is 0 Å². The molecular weight excluding hydrogens is 318 g/mol. The van der Waals surface area contributed by atoms with E-state index in [4.69, 9.17) is 0 Å². The van der Waals surface area contributed by atoms with Gasteiger partial charge in [0.25, 0.3) is 0 Å². The lowest BCUT2D eigenvalue weighted by molar-refractivity contribution is -0.118. The first-order valence-electron chi connectivity index (χ1n) is 8.87. The van der Waals surface area contributed by atoms with Crippen LogP contribution in [0.3, 0.4) is 0 Å². The van der Waals surface area contributed by atoms with Gasteiger partial charge in [0.15, 0.2) is 0 Å². The number of nitrogens with zero attached hydrogens (tertiary/aromatic N) is 5. The van der Waals surface area contributed by atoms with Crippen LogP contribution in [0, 0.1) is 27.7 Å². The van der Waals surface area contributed by atoms with Crippen molar-refractivity contribution in [2.45, 2.75) is 59.5 Å². The van der Waals surface area contributed by atoms with Crippen LogP contribution in [0.2, 0.25) is 0 Å². The SMILES string of the molecule is Cc1nc(C)n(C[C@H]2CCCCN2CC(=O)Nc2c(C)n[nH]c2C)n1. The van der Waals surface area contributed by atoms with Crippen LogP contribution < -0.4 is 5.32 Å². The Kier molecular flexibility index (Phi) is 5.17. The largest absolute Gasteiger partial charge is 0.322 e. The zero-order valence-corrected chi connectivity index (χ0v) is 15.5. The zero-order valence-electron chi connectivity index (χ0n) is 15.5. The maximum Gasteiger partial charge on any atom is 0.238 e. The lowest BCUT2D eigenvalue weighted by atomic mass is 10.0. The maximum atomic E-state index is 12.5. The van der Waals surface area contributed by atoms with Gasteiger partial charge in [-0.25, -0.2) is 9.67 Å². The Morgan fingerprint density at radius 1 is 1.28 bits per heavy atom. The highest BCUT2D eigenvalue weighted by atomic mass is 16.2. The number of carbonyl (C=O) groups excluding carboxylic acids is 1. The van der Waals surface area contributed by atoms with Gasteiger partial charge in [0, 0.05) is 6.04 Å². The standard InChI is InChI=1S/C17H27N7O/c1-11-17(12(2)21-20-11)19-16(25)10-23-8-6-5-7-15(23)9-24-14(4)18-13(3)22-24/h15H,5-10H2,1-4H3,(H,19,25)(H,20,21)/t15-/m1/s1. The Morgan fingerprint density at radius 3 is 2.72 bits per heavy atom. The summed E-state index contributed by atoms with van der Waals surface area (Å²) in [5, 5.41) is 14.5. The molecule has 1 aliphatic rings. The van der Waals surface area contributed by atoms with E-state index >= 15 is 0 Å². The number of aromatic amines is 1. The van der Waals surface area contributed by atoms with Gasteiger partial charge in [-0.2, -0.15) is 10.2 Å². The summed E-state index contributed by atoms with van der Waals surface area (Å²) in [6.07, 6.45) is 3.40. The molecule has 0 spiro atoms. The molecule has 3 heterocycles. The molecule has 3 rings (SSSR count). The van der Waals surface area contributed by atoms with Crippen LogP contribution in [0.25, 0.3) is 0 Å². The number of likely N-dealkylation sites (tertiary alicyclic amines) is 1. The van der Waals surface area contributed by atoms with Gasteiger partial charge in [-0.3, -0.25) is 14.8 Å². The number of carbonyl (C=O) groups is 1. The molecule has 0 bridgehead atoms. The van der Waals surface area contributed by atoms with Crippen LogP contribution in [0.1, 0.15) is 42.3 Å². The maximum absolute atomic E-state index is 12.5. The zero-order chi connectivity index (χ0) is 18.0. The predicted octanol–water partition coefficient (Wildman–Crippen LogP) is 1.73. The fraction of sp³-hybridized carbons (Fsp3) is 0.647. The number of hydrogen-bond donors (Lipinski definition) is 2. The first-order chi connectivity index (χ1) is 11.9. The van der Waals surface area contributed by atoms with Crippen molar-refractivity contribution in [1.29, 1.82) is 0 Å². The number of amides is 1. The molecule has 2 aromatic rings. The molecule has 1 atom stereocenters. The summed E-state index contributed by atoms with van der Waals surface area (Å²) < 4.78 is 1.96. The van der Waals surface area contributed by atoms with Crippen molar-refractivity contribution >= 4 is 11.6 Å². The molecule has 1 saturated heterocycles. The van der Waals surface area contributed by atoms with Crippen LogP contribution in [0.15, 0.2) is 0 Å². The molecule has 0 radical (unpaired) electrons. The summed E-state index contributed by atoms with van der Waals surface area (Å²) in [6, 6.07) is 0.311. The number of piperidine rings is 1. The normalized spacial score (nSPS) is 18.5. The van der Waals surface area contributed by atoms with Gasteiger partial charge < -0.3 is 5.32 Å². The Labute approximate surface area is 148 Å². The molecule has 0 aromatic carbocycles. The molecule has 0 unspecified atom stereocenters. The van der Waals surface area contributed by atoms with E-state index in [9.17, 15) is 4.79 Å². The van der Waals surface area contributed by atoms with Crippen LogP contribution in [-0.4, -0.2) is 54.9 Å². The third-order valence-corrected chi connectivity index (χ3v) is 4.83. The van der Waals surface area contributed by atoms with Crippen LogP contribution in [-0.2, 0) is 11.3 Å². The Balaban J connectivity index is 1.64. The van der Waals surface area contributed by atoms with Crippen LogP contribution in [0.4, 0.5) is 5.69 Å². The summed E-state index contributed by atoms with van der Waals surface area (Å²) >= 11 is 0. The second kappa shape index (κ2) is 7.35. The van der Waals surface area contributed by atoms with Crippen molar-refractivity contribution in [2.24, 2.45) is 0 Å². The van der Waals surface area contributed by atoms with Crippen molar-refractivity contribution in [3.05, 3.63) is 23.0 Å². The van der Waals surface area contributed by atoms with Crippen molar-refractivity contribution in [2.75, 3.05) is 18.4 Å². The molecule has 136 valence electrons. The second-order valence-electron chi connectivity index (χ2n) is 6.87. The quantitative estimate of drug-likeness (QED) is 0.861. The minimum Gasteiger partial charge on any atom is -0.322 e. The molecular formula is C17H27N7O. The molecule has 25 heavy (non-hydrogen) atoms. The number of anilines is 1. The van der Waals surface area contributed by atoms with Crippen LogP contribution in [0.5, 0.6) is 0 Å². The topological polar surface area (TPSA) is 91.7 Å². The third-order valence-electron chi connectivity index (χ3n) is 4.83. The van der Waals surface area contributed by atoms with Gasteiger partial charge in [-0.15, -0.1) is 0 Å². The molecule has 2 N–H and O–H groups in total. The number of aryl methyl sites for hydroxylation is 4. The minimum absolute atomic E-state index is 0.00555. The van der Waals surface area contributed by atoms with Crippen molar-refractivity contribution in [3.8, 4) is 0 Å². The monoisotopic (exact) mass is 345 g/mol. The molecule has 1 aliphatic heterocycles. The highest BCUT2D eigenvalue weighted by Gasteiger charge is 2.26. The second-order valence-corrected chi connectivity index (χ2v) is 6.87. The van der Waals surface area contributed by atoms with E-state index in [-0.39, 0.29) is 5.91 Å². The average molecular weight is 345 g/mol. The van der Waals surface area contributed by atoms with Gasteiger partial charge in [0.1, 0.15) is 11.6 Å². The Bertz CT molecular complexity index is 729. The summed E-state index contributed by atoms with van der Waals surface area (Å²) in [7, 11) is 0. The number of hydrogen-bond acceptors (Lipinski definition) is 5. The number of nitrogens with one attached hydrogen (secondary N) is 2. The first-order valence-corrected chi connectivity index (χ1v) is 8.87. The van der Waals surface area contributed by atoms with Crippen molar-refractivity contribution in [3.63, 3.8) is 0 Å². The number of aromatic nitrogens is 5. The highest BCUT2D eigenvalue weighted by Crippen LogP contribution is 2.20. The summed E-state index contributed by atoms with van der Waals surface area (Å²) in [5.41, 5.74) is 2.49. The smallest absolute Gasteiger partial charge is 0.238 e. The molecule has 0 aliphatic carbocycles. The molecule has 0 saturated carbocycles. The number of rotatable bonds is 5. The van der Waals surface area contributed by atoms with Gasteiger partial charge in [0.2, 0.25) is 5.91 Å². The minimum atomic E-state index is 0.00555. The summed E-state index contributed by atoms with van der Waals surface area (Å²) in [4.78, 5) is 19.2. The lowest BCUT2D eigenvalue weighted by Crippen LogP contribution is -2.46. The molecule has 2 aromatic heterocycles. The van der Waals surface area contributed by atoms with Gasteiger partial charge >= 0.3 is 0 Å². The van der Waals surface area contributed by atoms with E-state index in [0.717, 1.165) is 54.7 Å². The van der Waals surface area contributed by atoms with Gasteiger partial charge in [-0.1, -0.05) is 6.42 Å². The van der Waals surface area contributed by atoms with Gasteiger partial charge in [-0.05, 0) is 47.1 Å². The van der Waals surface area contributed by atoms with Crippen LogP contribution >= 0.6 is 0 Å². The van der Waals surface area contributed by atoms with Crippen molar-refractivity contribution < 1.29 is 4.79 Å². The fourth-order valence-electron chi connectivity index (χ4n) is 3.51. The highest BCUT2D eigenvalue weighted by molar-refractivity contribution is 5.93. The average Bonchev–Trinajstić information content (AvgIpc) is 3.04. The van der Waals surface area contributed by atoms with E-state index in [0.29, 0.717) is 12.6 Å². The molecule has 8 heteroatoms. The lowest BCUT2D eigenvalue weighted by Gasteiger charge is -2.35. The summed E-state index contributed by atoms with van der Waals surface area (Å²) in [6.45, 7) is 9.79. The van der Waals surface area contributed by atoms with E-state index < -0.39 is 0 Å². The van der Waals surface area contributed by atoms with Crippen molar-refractivity contribution in [1.82, 2.24) is 29.9 Å². The van der Waals surface area contributed by atoms with E-state index in [1.165, 1.54) is 6.42 Å². The molecule has 8 nitrogen and oxygen atoms in total. The first kappa shape index (κ1) is 17.6. The Hall–Kier alpha value is -2.22. The third kappa shape index (κ3) is 4.07. The fourth-order valence-corrected chi connectivity index (χ4v) is 3.51. The van der Waals surface area contributed by atoms with Gasteiger partial charge in [0.05, 0.1) is 30.2 Å². The van der Waals surface area contributed by atoms with E-state index in [1.807, 2.05) is 32.4 Å². The molecule has 1 amide bonds. The van der Waals surface area contributed by atoms with E-state index in [2.05, 4.69) is 30.5 Å². The number of H-pyrrole nitrogens is 1. The summed E-state index contributed by atoms with van der Waals surface area (Å²) in [5.74, 6) is 1.73. The Morgan fingerprint density at radius 2 is 2.08 bits per heavy atom.